The van der Waals surface area contributed by atoms with Gasteiger partial charge in [0.2, 0.25) is 0 Å². The van der Waals surface area contributed by atoms with Crippen LogP contribution in [0.4, 0.5) is 5.82 Å². The molecule has 0 aliphatic rings. The molecule has 2 rings (SSSR count). The highest BCUT2D eigenvalue weighted by molar-refractivity contribution is 5.83. The fourth-order valence-electron chi connectivity index (χ4n) is 1.19. The monoisotopic (exact) mass is 147 g/mol. The third-order valence-electron chi connectivity index (χ3n) is 1.88. The highest BCUT2D eigenvalue weighted by Crippen LogP contribution is 2.17. The van der Waals surface area contributed by atoms with E-state index in [9.17, 15) is 0 Å². The van der Waals surface area contributed by atoms with Crippen molar-refractivity contribution in [3.63, 3.8) is 0 Å². The van der Waals surface area contributed by atoms with Crippen molar-refractivity contribution in [2.24, 2.45) is 7.05 Å². The average Bonchev–Trinajstić information content (AvgIpc) is 2.30. The summed E-state index contributed by atoms with van der Waals surface area (Å²) in [6.07, 6.45) is 3.58. The largest absolute Gasteiger partial charge is 0.385 e. The number of rotatable bonds is 0. The molecule has 2 aromatic heterocycles. The van der Waals surface area contributed by atoms with Gasteiger partial charge in [-0.2, -0.15) is 0 Å². The molecule has 0 bridgehead atoms. The molecule has 0 saturated carbocycles. The van der Waals surface area contributed by atoms with Crippen LogP contribution in [-0.2, 0) is 7.05 Å². The summed E-state index contributed by atoms with van der Waals surface area (Å²) in [4.78, 5) is 4.01. The molecule has 0 saturated heterocycles. The van der Waals surface area contributed by atoms with Crippen LogP contribution in [0.3, 0.4) is 0 Å². The third kappa shape index (κ3) is 0.774. The van der Waals surface area contributed by atoms with Crippen LogP contribution in [0.2, 0.25) is 0 Å². The summed E-state index contributed by atoms with van der Waals surface area (Å²) in [5.41, 5.74) is 6.76. The van der Waals surface area contributed by atoms with Crippen molar-refractivity contribution in [2.75, 3.05) is 5.73 Å². The molecule has 11 heavy (non-hydrogen) atoms. The molecule has 0 aliphatic heterocycles. The number of nitrogens with zero attached hydrogens (tertiary/aromatic N) is 2. The van der Waals surface area contributed by atoms with Crippen LogP contribution in [0.15, 0.2) is 24.5 Å². The normalized spacial score (nSPS) is 10.6. The van der Waals surface area contributed by atoms with Gasteiger partial charge in [0.15, 0.2) is 0 Å². The molecule has 56 valence electrons. The Morgan fingerprint density at radius 2 is 2.36 bits per heavy atom. The fraction of sp³-hybridized carbons (Fsp3) is 0.125. The number of nitrogen functional groups attached to an aromatic ring is 1. The standard InChI is InChI=1S/C8H9N3/c1-11-7-5-10-3-2-6(7)4-8(11)9/h2-5H,9H2,1H3. The Bertz CT molecular complexity index is 389. The number of nitrogens with two attached hydrogens (primary N) is 1. The van der Waals surface area contributed by atoms with E-state index in [-0.39, 0.29) is 0 Å². The molecule has 0 spiro atoms. The second-order valence-corrected chi connectivity index (χ2v) is 2.56. The zero-order valence-corrected chi connectivity index (χ0v) is 6.28. The maximum Gasteiger partial charge on any atom is 0.104 e. The van der Waals surface area contributed by atoms with Gasteiger partial charge in [0.1, 0.15) is 5.82 Å². The molecule has 3 nitrogen and oxygen atoms in total. The van der Waals surface area contributed by atoms with Crippen molar-refractivity contribution in [3.05, 3.63) is 24.5 Å². The van der Waals surface area contributed by atoms with E-state index in [2.05, 4.69) is 4.98 Å². The number of pyridine rings is 1. The summed E-state index contributed by atoms with van der Waals surface area (Å²) < 4.78 is 1.92. The van der Waals surface area contributed by atoms with Gasteiger partial charge >= 0.3 is 0 Å². The quantitative estimate of drug-likeness (QED) is 0.607. The molecule has 0 amide bonds. The zero-order valence-electron chi connectivity index (χ0n) is 6.28. The molecular weight excluding hydrogens is 138 g/mol. The van der Waals surface area contributed by atoms with E-state index in [1.807, 2.05) is 29.9 Å². The number of anilines is 1. The van der Waals surface area contributed by atoms with Gasteiger partial charge in [0.05, 0.1) is 11.7 Å². The number of aromatic nitrogens is 2. The first-order valence-corrected chi connectivity index (χ1v) is 3.44. The number of hydrogen-bond acceptors (Lipinski definition) is 2. The molecule has 0 aliphatic carbocycles. The first-order chi connectivity index (χ1) is 5.29. The van der Waals surface area contributed by atoms with E-state index in [0.717, 1.165) is 16.7 Å². The van der Waals surface area contributed by atoms with Crippen LogP contribution in [0.1, 0.15) is 0 Å². The van der Waals surface area contributed by atoms with Crippen LogP contribution in [-0.4, -0.2) is 9.55 Å². The Hall–Kier alpha value is -1.51. The third-order valence-corrected chi connectivity index (χ3v) is 1.88. The Balaban J connectivity index is 2.92. The summed E-state index contributed by atoms with van der Waals surface area (Å²) in [6, 6.07) is 3.89. The lowest BCUT2D eigenvalue weighted by molar-refractivity contribution is 0.979. The van der Waals surface area contributed by atoms with Gasteiger partial charge in [0.25, 0.3) is 0 Å². The molecule has 0 atom stereocenters. The van der Waals surface area contributed by atoms with Crippen molar-refractivity contribution in [1.82, 2.24) is 9.55 Å². The van der Waals surface area contributed by atoms with E-state index in [4.69, 9.17) is 5.73 Å². The zero-order chi connectivity index (χ0) is 7.84. The SMILES string of the molecule is Cn1c(N)cc2ccncc21. The Morgan fingerprint density at radius 3 is 3.09 bits per heavy atom. The number of aryl methyl sites for hydroxylation is 1. The molecule has 0 radical (unpaired) electrons. The summed E-state index contributed by atoms with van der Waals surface area (Å²) in [5, 5.41) is 1.14. The average molecular weight is 147 g/mol. The number of fused-ring (bicyclic) bond motifs is 1. The van der Waals surface area contributed by atoms with Crippen molar-refractivity contribution in [3.8, 4) is 0 Å². The van der Waals surface area contributed by atoms with Crippen molar-refractivity contribution in [2.45, 2.75) is 0 Å². The minimum atomic E-state index is 0.771. The van der Waals surface area contributed by atoms with E-state index in [1.54, 1.807) is 6.20 Å². The van der Waals surface area contributed by atoms with Crippen molar-refractivity contribution >= 4 is 16.7 Å². The predicted octanol–water partition coefficient (Wildman–Crippen LogP) is 1.16. The van der Waals surface area contributed by atoms with Crippen LogP contribution in [0, 0.1) is 0 Å². The number of hydrogen-bond donors (Lipinski definition) is 1. The molecule has 2 aromatic rings. The minimum Gasteiger partial charge on any atom is -0.385 e. The topological polar surface area (TPSA) is 43.8 Å². The van der Waals surface area contributed by atoms with Gasteiger partial charge in [-0.1, -0.05) is 0 Å². The van der Waals surface area contributed by atoms with Crippen LogP contribution in [0.5, 0.6) is 0 Å². The van der Waals surface area contributed by atoms with Crippen LogP contribution in [0.25, 0.3) is 10.9 Å². The summed E-state index contributed by atoms with van der Waals surface area (Å²) in [7, 11) is 1.93. The van der Waals surface area contributed by atoms with Crippen LogP contribution >= 0.6 is 0 Å². The fourth-order valence-corrected chi connectivity index (χ4v) is 1.19. The molecule has 0 unspecified atom stereocenters. The molecule has 2 N–H and O–H groups in total. The first-order valence-electron chi connectivity index (χ1n) is 3.44. The van der Waals surface area contributed by atoms with E-state index in [0.29, 0.717) is 0 Å². The van der Waals surface area contributed by atoms with Crippen LogP contribution < -0.4 is 5.73 Å². The molecule has 2 heterocycles. The summed E-state index contributed by atoms with van der Waals surface area (Å²) in [5.74, 6) is 0.771. The lowest BCUT2D eigenvalue weighted by Crippen LogP contribution is -1.94. The lowest BCUT2D eigenvalue weighted by atomic mass is 10.3. The highest BCUT2D eigenvalue weighted by Gasteiger charge is 1.99. The first kappa shape index (κ1) is 6.22. The van der Waals surface area contributed by atoms with Gasteiger partial charge in [-0.3, -0.25) is 4.98 Å². The summed E-state index contributed by atoms with van der Waals surface area (Å²) in [6.45, 7) is 0. The molecule has 3 heteroatoms. The maximum absolute atomic E-state index is 5.69. The smallest absolute Gasteiger partial charge is 0.104 e. The Kier molecular flexibility index (Phi) is 1.12. The Morgan fingerprint density at radius 1 is 1.55 bits per heavy atom. The van der Waals surface area contributed by atoms with E-state index < -0.39 is 0 Å². The molecule has 0 aromatic carbocycles. The second-order valence-electron chi connectivity index (χ2n) is 2.56. The predicted molar refractivity (Wildman–Crippen MR) is 45.1 cm³/mol. The maximum atomic E-state index is 5.69. The second kappa shape index (κ2) is 1.99. The molecular formula is C8H9N3. The van der Waals surface area contributed by atoms with Gasteiger partial charge < -0.3 is 10.3 Å². The summed E-state index contributed by atoms with van der Waals surface area (Å²) >= 11 is 0. The lowest BCUT2D eigenvalue weighted by Gasteiger charge is -1.95. The van der Waals surface area contributed by atoms with E-state index in [1.165, 1.54) is 0 Å². The minimum absolute atomic E-state index is 0.771. The van der Waals surface area contributed by atoms with Crippen molar-refractivity contribution < 1.29 is 0 Å². The van der Waals surface area contributed by atoms with Gasteiger partial charge in [0, 0.05) is 18.6 Å². The molecule has 0 fully saturated rings. The van der Waals surface area contributed by atoms with Gasteiger partial charge in [-0.05, 0) is 12.1 Å². The highest BCUT2D eigenvalue weighted by atomic mass is 15.0. The van der Waals surface area contributed by atoms with Gasteiger partial charge in [-0.25, -0.2) is 0 Å². The Labute approximate surface area is 64.5 Å². The van der Waals surface area contributed by atoms with E-state index >= 15 is 0 Å². The van der Waals surface area contributed by atoms with Crippen molar-refractivity contribution in [1.29, 1.82) is 0 Å². The van der Waals surface area contributed by atoms with Gasteiger partial charge in [-0.15, -0.1) is 0 Å².